The van der Waals surface area contributed by atoms with E-state index in [9.17, 15) is 31.9 Å². The minimum atomic E-state index is -4.71. The van der Waals surface area contributed by atoms with E-state index in [0.717, 1.165) is 30.7 Å². The van der Waals surface area contributed by atoms with Crippen LogP contribution in [-0.2, 0) is 16.1 Å². The maximum Gasteiger partial charge on any atom is 0.417 e. The fourth-order valence-corrected chi connectivity index (χ4v) is 6.77. The van der Waals surface area contributed by atoms with Gasteiger partial charge in [-0.05, 0) is 80.9 Å². The number of amides is 1. The molecular weight excluding hydrogens is 577 g/mol. The number of carbonyl (C=O) groups is 1. The van der Waals surface area contributed by atoms with Crippen LogP contribution < -0.4 is 4.90 Å². The molecule has 2 aromatic rings. The number of aromatic nitrogens is 2. The lowest BCUT2D eigenvalue weighted by molar-refractivity contribution is -0.298. The van der Waals surface area contributed by atoms with Gasteiger partial charge in [0.05, 0.1) is 0 Å². The third-order valence-electron chi connectivity index (χ3n) is 8.84. The van der Waals surface area contributed by atoms with Gasteiger partial charge in [-0.2, -0.15) is 26.9 Å². The second-order valence-electron chi connectivity index (χ2n) is 11.6. The number of benzene rings is 1. The Bertz CT molecular complexity index is 1180. The van der Waals surface area contributed by atoms with Crippen LogP contribution in [0.15, 0.2) is 33.3 Å². The molecule has 0 saturated heterocycles. The Morgan fingerprint density at radius 2 is 1.76 bits per heavy atom. The average Bonchev–Trinajstić information content (AvgIpc) is 3.34. The van der Waals surface area contributed by atoms with Crippen molar-refractivity contribution in [3.8, 4) is 0 Å². The molecule has 4 aliphatic carbocycles. The maximum absolute atomic E-state index is 13.7. The summed E-state index contributed by atoms with van der Waals surface area (Å²) in [5, 5.41) is 13.7. The number of hydrogen-bond donors (Lipinski definition) is 1. The first-order valence-electron chi connectivity index (χ1n) is 12.7. The Morgan fingerprint density at radius 1 is 1.13 bits per heavy atom. The van der Waals surface area contributed by atoms with Crippen LogP contribution in [0.25, 0.3) is 0 Å². The summed E-state index contributed by atoms with van der Waals surface area (Å²) >= 11 is 3.43. The van der Waals surface area contributed by atoms with Crippen molar-refractivity contribution in [2.24, 2.45) is 11.3 Å². The lowest BCUT2D eigenvalue weighted by Gasteiger charge is -2.53. The summed E-state index contributed by atoms with van der Waals surface area (Å²) in [5.41, 5.74) is -2.72. The van der Waals surface area contributed by atoms with Gasteiger partial charge >= 0.3 is 12.1 Å². The van der Waals surface area contributed by atoms with Crippen LogP contribution in [0.3, 0.4) is 0 Å². The molecule has 0 spiro atoms. The number of hydrogen-bond acceptors (Lipinski definition) is 5. The monoisotopic (exact) mass is 605 g/mol. The van der Waals surface area contributed by atoms with Gasteiger partial charge in [0.25, 0.3) is 5.89 Å². The number of halogens is 6. The van der Waals surface area contributed by atoms with Gasteiger partial charge in [-0.1, -0.05) is 27.2 Å². The van der Waals surface area contributed by atoms with E-state index in [1.54, 1.807) is 17.0 Å². The van der Waals surface area contributed by atoms with E-state index in [1.807, 2.05) is 12.1 Å². The van der Waals surface area contributed by atoms with Crippen LogP contribution in [0.4, 0.5) is 27.6 Å². The third-order valence-corrected chi connectivity index (χ3v) is 9.33. The van der Waals surface area contributed by atoms with Crippen LogP contribution in [0.2, 0.25) is 0 Å². The van der Waals surface area contributed by atoms with E-state index >= 15 is 0 Å². The van der Waals surface area contributed by atoms with Crippen LogP contribution in [0, 0.1) is 11.3 Å². The Hall–Kier alpha value is -2.08. The number of carbonyl (C=O) groups excluding carboxylic acids is 1. The highest BCUT2D eigenvalue weighted by Gasteiger charge is 2.61. The molecule has 0 radical (unpaired) electrons. The number of aliphatic hydroxyl groups is 1. The van der Waals surface area contributed by atoms with Crippen LogP contribution in [0.5, 0.6) is 0 Å². The van der Waals surface area contributed by atoms with Gasteiger partial charge in [-0.3, -0.25) is 4.79 Å². The number of anilines is 1. The van der Waals surface area contributed by atoms with Gasteiger partial charge in [0.2, 0.25) is 5.91 Å². The third kappa shape index (κ3) is 4.98. The first-order chi connectivity index (χ1) is 17.6. The van der Waals surface area contributed by atoms with Crippen molar-refractivity contribution in [1.29, 1.82) is 0 Å². The molecule has 1 N–H and O–H groups in total. The zero-order valence-corrected chi connectivity index (χ0v) is 22.4. The second kappa shape index (κ2) is 9.25. The molecule has 12 heteroatoms. The molecule has 0 unspecified atom stereocenters. The van der Waals surface area contributed by atoms with E-state index in [4.69, 9.17) is 4.52 Å². The fourth-order valence-electron chi connectivity index (χ4n) is 6.38. The number of rotatable bonds is 7. The zero-order chi connectivity index (χ0) is 27.6. The summed E-state index contributed by atoms with van der Waals surface area (Å²) in [5.74, 6) is -4.41. The number of alkyl halides is 5. The molecule has 4 fully saturated rings. The molecule has 0 atom stereocenters. The average molecular weight is 606 g/mol. The molecular formula is C26H29BrF5N3O3. The largest absolute Gasteiger partial charge is 0.417 e. The van der Waals surface area contributed by atoms with E-state index in [1.165, 1.54) is 0 Å². The fraction of sp³-hybridized carbons (Fsp3) is 0.654. The number of fused-ring (bicyclic) bond motifs is 3. The highest BCUT2D eigenvalue weighted by Crippen LogP contribution is 2.58. The maximum atomic E-state index is 13.7. The Labute approximate surface area is 225 Å². The molecule has 0 aliphatic heterocycles. The molecule has 2 bridgehead atoms. The summed E-state index contributed by atoms with van der Waals surface area (Å²) in [4.78, 5) is 19.2. The van der Waals surface area contributed by atoms with Crippen molar-refractivity contribution in [2.75, 3.05) is 11.4 Å². The van der Waals surface area contributed by atoms with Crippen molar-refractivity contribution < 1.29 is 36.4 Å². The molecule has 4 aliphatic rings. The van der Waals surface area contributed by atoms with Crippen molar-refractivity contribution >= 4 is 27.5 Å². The predicted octanol–water partition coefficient (Wildman–Crippen LogP) is 6.66. The summed E-state index contributed by atoms with van der Waals surface area (Å²) < 4.78 is 72.2. The first kappa shape index (κ1) is 27.5. The Morgan fingerprint density at radius 3 is 2.29 bits per heavy atom. The van der Waals surface area contributed by atoms with E-state index in [0.29, 0.717) is 37.3 Å². The lowest BCUT2D eigenvalue weighted by atomic mass is 9.53. The zero-order valence-electron chi connectivity index (χ0n) is 20.8. The topological polar surface area (TPSA) is 79.5 Å². The highest BCUT2D eigenvalue weighted by atomic mass is 79.9. The summed E-state index contributed by atoms with van der Waals surface area (Å²) in [6.07, 6.45) is -1.55. The summed E-state index contributed by atoms with van der Waals surface area (Å²) in [6, 6.07) is 7.23. The molecule has 1 heterocycles. The van der Waals surface area contributed by atoms with Gasteiger partial charge in [-0.15, -0.1) is 0 Å². The minimum Gasteiger partial charge on any atom is -0.380 e. The summed E-state index contributed by atoms with van der Waals surface area (Å²) in [6.45, 7) is 1.12. The Balaban J connectivity index is 1.31. The lowest BCUT2D eigenvalue weighted by Crippen LogP contribution is -2.56. The van der Waals surface area contributed by atoms with E-state index in [2.05, 4.69) is 26.1 Å². The molecule has 4 saturated carbocycles. The van der Waals surface area contributed by atoms with Crippen LogP contribution in [-0.4, -0.2) is 39.5 Å². The van der Waals surface area contributed by atoms with Crippen LogP contribution >= 0.6 is 15.9 Å². The molecule has 208 valence electrons. The van der Waals surface area contributed by atoms with Crippen molar-refractivity contribution in [1.82, 2.24) is 10.1 Å². The first-order valence-corrected chi connectivity index (χ1v) is 13.5. The SMILES string of the molecule is CC(F)(F)c1nc(C23CCC(CN(C(=O)CC4CC(O)(C(F)(F)F)C4)c4cccc(Br)c4)(CC2)CC3)no1. The van der Waals surface area contributed by atoms with E-state index in [-0.39, 0.29) is 17.7 Å². The molecule has 6 nitrogen and oxygen atoms in total. The second-order valence-corrected chi connectivity index (χ2v) is 12.5. The van der Waals surface area contributed by atoms with Gasteiger partial charge < -0.3 is 14.5 Å². The van der Waals surface area contributed by atoms with Crippen molar-refractivity contribution in [3.63, 3.8) is 0 Å². The molecule has 38 heavy (non-hydrogen) atoms. The van der Waals surface area contributed by atoms with Crippen molar-refractivity contribution in [3.05, 3.63) is 40.5 Å². The molecule has 1 aromatic carbocycles. The van der Waals surface area contributed by atoms with Gasteiger partial charge in [-0.25, -0.2) is 0 Å². The molecule has 1 amide bonds. The van der Waals surface area contributed by atoms with Gasteiger partial charge in [0.1, 0.15) is 0 Å². The number of nitrogens with zero attached hydrogens (tertiary/aromatic N) is 3. The van der Waals surface area contributed by atoms with Gasteiger partial charge in [0, 0.05) is 35.5 Å². The molecule has 1 aromatic heterocycles. The quantitative estimate of drug-likeness (QED) is 0.357. The Kier molecular flexibility index (Phi) is 6.69. The standard InChI is InChI=1S/C26H29BrF5N3O3/c1-22(28,29)21-33-20(34-38-21)24-8-5-23(6-9-24,7-10-24)15-35(18-4-2-3-17(27)12-18)19(36)11-16-13-25(37,14-16)26(30,31)32/h2-4,12,16,37H,5-11,13-15H2,1H3. The normalized spacial score (nSPS) is 31.2. The van der Waals surface area contributed by atoms with Gasteiger partial charge in [0.15, 0.2) is 11.4 Å². The van der Waals surface area contributed by atoms with Crippen molar-refractivity contribution in [2.45, 2.75) is 87.8 Å². The van der Waals surface area contributed by atoms with E-state index < -0.39 is 47.8 Å². The van der Waals surface area contributed by atoms with Crippen LogP contribution in [0.1, 0.15) is 76.4 Å². The highest BCUT2D eigenvalue weighted by molar-refractivity contribution is 9.10. The predicted molar refractivity (Wildman–Crippen MR) is 131 cm³/mol. The minimum absolute atomic E-state index is 0.0816. The smallest absolute Gasteiger partial charge is 0.380 e. The molecule has 6 rings (SSSR count). The summed E-state index contributed by atoms with van der Waals surface area (Å²) in [7, 11) is 0.